The van der Waals surface area contributed by atoms with Gasteiger partial charge in [-0.1, -0.05) is 18.2 Å². The van der Waals surface area contributed by atoms with Crippen LogP contribution in [0.3, 0.4) is 0 Å². The molecule has 0 atom stereocenters. The summed E-state index contributed by atoms with van der Waals surface area (Å²) in [6.07, 6.45) is 0.755. The monoisotopic (exact) mass is 400 g/mol. The minimum atomic E-state index is -0.145. The van der Waals surface area contributed by atoms with Gasteiger partial charge in [-0.3, -0.25) is 9.59 Å². The number of hydrogen-bond acceptors (Lipinski definition) is 5. The molecule has 0 radical (unpaired) electrons. The molecule has 0 bridgehead atoms. The summed E-state index contributed by atoms with van der Waals surface area (Å²) in [5, 5.41) is 2.81. The number of carbonyl (C=O) groups is 2. The zero-order chi connectivity index (χ0) is 21.2. The van der Waals surface area contributed by atoms with Crippen LogP contribution >= 0.6 is 0 Å². The van der Waals surface area contributed by atoms with E-state index < -0.39 is 0 Å². The van der Waals surface area contributed by atoms with Gasteiger partial charge in [-0.05, 0) is 48.7 Å². The molecule has 1 aliphatic heterocycles. The maximum Gasteiger partial charge on any atom is 0.239 e. The molecule has 0 saturated heterocycles. The third kappa shape index (κ3) is 7.03. The highest BCUT2D eigenvalue weighted by atomic mass is 16.7. The summed E-state index contributed by atoms with van der Waals surface area (Å²) in [4.78, 5) is 24.0. The van der Waals surface area contributed by atoms with E-state index in [2.05, 4.69) is 5.32 Å². The fourth-order valence-corrected chi connectivity index (χ4v) is 2.64. The van der Waals surface area contributed by atoms with Crippen molar-refractivity contribution in [3.8, 4) is 17.2 Å². The van der Waals surface area contributed by atoms with Gasteiger partial charge in [0.25, 0.3) is 0 Å². The van der Waals surface area contributed by atoms with Crippen molar-refractivity contribution < 1.29 is 23.8 Å². The second-order valence-corrected chi connectivity index (χ2v) is 6.62. The highest BCUT2D eigenvalue weighted by molar-refractivity contribution is 5.83. The normalized spacial score (nSPS) is 11.2. The standard InChI is InChI=1S/C15H22N2O3.C7H6O2/c1-11-9-14(20-4)6-5-13(11)7-8-16-15(19)10-17(3)12(2)18;1-2-4-7-6(3-1)8-5-9-7/h5-6,9H,7-8,10H2,1-4H3,(H,16,19);1-4H,5H2. The van der Waals surface area contributed by atoms with Crippen molar-refractivity contribution in [2.24, 2.45) is 0 Å². The van der Waals surface area contributed by atoms with Crippen molar-refractivity contribution in [1.82, 2.24) is 10.2 Å². The number of aryl methyl sites for hydroxylation is 1. The lowest BCUT2D eigenvalue weighted by Gasteiger charge is -2.14. The molecule has 0 aromatic heterocycles. The average Bonchev–Trinajstić information content (AvgIpc) is 3.18. The molecule has 0 unspecified atom stereocenters. The molecule has 0 saturated carbocycles. The number of fused-ring (bicyclic) bond motifs is 1. The van der Waals surface area contributed by atoms with Crippen molar-refractivity contribution >= 4 is 11.8 Å². The maximum absolute atomic E-state index is 11.6. The van der Waals surface area contributed by atoms with Crippen molar-refractivity contribution in [2.45, 2.75) is 20.3 Å². The van der Waals surface area contributed by atoms with Crippen LogP contribution in [0.25, 0.3) is 0 Å². The Morgan fingerprint density at radius 1 is 1.14 bits per heavy atom. The van der Waals surface area contributed by atoms with Crippen molar-refractivity contribution in [3.05, 3.63) is 53.6 Å². The molecule has 7 heteroatoms. The van der Waals surface area contributed by atoms with Crippen molar-refractivity contribution in [3.63, 3.8) is 0 Å². The number of para-hydroxylation sites is 2. The van der Waals surface area contributed by atoms with Gasteiger partial charge in [0.1, 0.15) is 5.75 Å². The second-order valence-electron chi connectivity index (χ2n) is 6.62. The number of hydrogen-bond donors (Lipinski definition) is 1. The zero-order valence-corrected chi connectivity index (χ0v) is 17.4. The number of likely N-dealkylation sites (N-methyl/N-ethyl adjacent to an activating group) is 1. The second kappa shape index (κ2) is 10.9. The van der Waals surface area contributed by atoms with Crippen molar-refractivity contribution in [2.75, 3.05) is 34.0 Å². The van der Waals surface area contributed by atoms with Crippen LogP contribution in [-0.2, 0) is 16.0 Å². The first kappa shape index (κ1) is 22.1. The summed E-state index contributed by atoms with van der Waals surface area (Å²) >= 11 is 0. The van der Waals surface area contributed by atoms with Gasteiger partial charge in [0, 0.05) is 20.5 Å². The van der Waals surface area contributed by atoms with Gasteiger partial charge in [0.05, 0.1) is 13.7 Å². The van der Waals surface area contributed by atoms with Crippen LogP contribution in [0.2, 0.25) is 0 Å². The van der Waals surface area contributed by atoms with E-state index in [0.717, 1.165) is 29.2 Å². The molecule has 1 aliphatic rings. The number of carbonyl (C=O) groups excluding carboxylic acids is 2. The quantitative estimate of drug-likeness (QED) is 0.806. The molecular weight excluding hydrogens is 372 g/mol. The van der Waals surface area contributed by atoms with Crippen LogP contribution < -0.4 is 19.5 Å². The van der Waals surface area contributed by atoms with E-state index >= 15 is 0 Å². The Morgan fingerprint density at radius 3 is 2.34 bits per heavy atom. The summed E-state index contributed by atoms with van der Waals surface area (Å²) < 4.78 is 15.3. The van der Waals surface area contributed by atoms with Crippen LogP contribution in [-0.4, -0.2) is 50.8 Å². The highest BCUT2D eigenvalue weighted by Gasteiger charge is 2.10. The molecule has 2 aromatic carbocycles. The summed E-state index contributed by atoms with van der Waals surface area (Å²) in [6.45, 7) is 4.46. The first-order chi connectivity index (χ1) is 13.9. The van der Waals surface area contributed by atoms with Crippen LogP contribution in [0.5, 0.6) is 17.2 Å². The lowest BCUT2D eigenvalue weighted by atomic mass is 10.1. The molecule has 0 aliphatic carbocycles. The molecule has 3 rings (SSSR count). The fraction of sp³-hybridized carbons (Fsp3) is 0.364. The molecule has 2 aromatic rings. The Labute approximate surface area is 171 Å². The number of methoxy groups -OCH3 is 1. The summed E-state index contributed by atoms with van der Waals surface area (Å²) in [7, 11) is 3.25. The van der Waals surface area contributed by atoms with Gasteiger partial charge in [-0.15, -0.1) is 0 Å². The Hall–Kier alpha value is -3.22. The van der Waals surface area contributed by atoms with E-state index in [1.807, 2.05) is 49.4 Å². The summed E-state index contributed by atoms with van der Waals surface area (Å²) in [5.41, 5.74) is 2.31. The van der Waals surface area contributed by atoms with E-state index in [-0.39, 0.29) is 18.4 Å². The van der Waals surface area contributed by atoms with E-state index in [4.69, 9.17) is 14.2 Å². The van der Waals surface area contributed by atoms with Gasteiger partial charge in [-0.25, -0.2) is 0 Å². The van der Waals surface area contributed by atoms with E-state index in [1.165, 1.54) is 17.4 Å². The van der Waals surface area contributed by atoms with Crippen LogP contribution in [0.4, 0.5) is 0 Å². The number of rotatable bonds is 6. The van der Waals surface area contributed by atoms with Crippen LogP contribution in [0.15, 0.2) is 42.5 Å². The lowest BCUT2D eigenvalue weighted by Crippen LogP contribution is -2.38. The summed E-state index contributed by atoms with van der Waals surface area (Å²) in [5.74, 6) is 2.26. The minimum Gasteiger partial charge on any atom is -0.497 e. The molecule has 7 nitrogen and oxygen atoms in total. The smallest absolute Gasteiger partial charge is 0.239 e. The van der Waals surface area contributed by atoms with E-state index in [1.54, 1.807) is 14.2 Å². The zero-order valence-electron chi connectivity index (χ0n) is 17.4. The van der Waals surface area contributed by atoms with E-state index in [0.29, 0.717) is 13.3 Å². The number of ether oxygens (including phenoxy) is 3. The molecular formula is C22H28N2O5. The van der Waals surface area contributed by atoms with Gasteiger partial charge in [-0.2, -0.15) is 0 Å². The SMILES string of the molecule is COc1ccc(CCNC(=O)CN(C)C(C)=O)c(C)c1.c1ccc2c(c1)OCO2. The summed E-state index contributed by atoms with van der Waals surface area (Å²) in [6, 6.07) is 13.5. The Morgan fingerprint density at radius 2 is 1.79 bits per heavy atom. The van der Waals surface area contributed by atoms with Gasteiger partial charge in [0.15, 0.2) is 11.5 Å². The molecule has 2 amide bonds. The molecule has 29 heavy (non-hydrogen) atoms. The number of nitrogens with one attached hydrogen (secondary N) is 1. The third-order valence-electron chi connectivity index (χ3n) is 4.46. The molecule has 0 fully saturated rings. The first-order valence-corrected chi connectivity index (χ1v) is 9.37. The molecule has 1 heterocycles. The predicted octanol–water partition coefficient (Wildman–Crippen LogP) is 2.56. The van der Waals surface area contributed by atoms with Crippen LogP contribution in [0, 0.1) is 6.92 Å². The average molecular weight is 400 g/mol. The highest BCUT2D eigenvalue weighted by Crippen LogP contribution is 2.30. The fourth-order valence-electron chi connectivity index (χ4n) is 2.64. The first-order valence-electron chi connectivity index (χ1n) is 9.37. The van der Waals surface area contributed by atoms with Crippen molar-refractivity contribution in [1.29, 1.82) is 0 Å². The number of amides is 2. The Balaban J connectivity index is 0.000000272. The van der Waals surface area contributed by atoms with Gasteiger partial charge >= 0.3 is 0 Å². The number of nitrogens with zero attached hydrogens (tertiary/aromatic N) is 1. The maximum atomic E-state index is 11.6. The lowest BCUT2D eigenvalue weighted by molar-refractivity contribution is -0.133. The molecule has 1 N–H and O–H groups in total. The third-order valence-corrected chi connectivity index (χ3v) is 4.46. The van der Waals surface area contributed by atoms with Crippen LogP contribution in [0.1, 0.15) is 18.1 Å². The molecule has 156 valence electrons. The number of benzene rings is 2. The largest absolute Gasteiger partial charge is 0.497 e. The molecule has 0 spiro atoms. The topological polar surface area (TPSA) is 77.1 Å². The van der Waals surface area contributed by atoms with E-state index in [9.17, 15) is 9.59 Å². The predicted molar refractivity (Wildman–Crippen MR) is 110 cm³/mol. The Bertz CT molecular complexity index is 815. The van der Waals surface area contributed by atoms with Gasteiger partial charge in [0.2, 0.25) is 18.6 Å². The Kier molecular flexibility index (Phi) is 8.33. The minimum absolute atomic E-state index is 0.0942. The van der Waals surface area contributed by atoms with Gasteiger partial charge < -0.3 is 24.4 Å².